The van der Waals surface area contributed by atoms with E-state index < -0.39 is 12.1 Å². The SMILES string of the molecule is O=C([O-])C(F)(F)F.OC[C@@H]1CC[C@@H](COCc2ccccc2)[NH2+]1. The van der Waals surface area contributed by atoms with E-state index in [0.29, 0.717) is 18.7 Å². The molecule has 2 rings (SSSR count). The molecule has 8 heteroatoms. The summed E-state index contributed by atoms with van der Waals surface area (Å²) < 4.78 is 37.2. The van der Waals surface area contributed by atoms with Crippen molar-refractivity contribution < 1.29 is 38.2 Å². The molecular weight excluding hydrogens is 315 g/mol. The molecule has 1 saturated heterocycles. The van der Waals surface area contributed by atoms with Crippen LogP contribution in [0.5, 0.6) is 0 Å². The molecule has 0 aromatic heterocycles. The number of carbonyl (C=O) groups excluding carboxylic acids is 1. The highest BCUT2D eigenvalue weighted by Crippen LogP contribution is 2.11. The minimum absolute atomic E-state index is 0.287. The molecule has 0 aliphatic carbocycles. The predicted octanol–water partition coefficient (Wildman–Crippen LogP) is -0.411. The molecule has 1 aliphatic heterocycles. The van der Waals surface area contributed by atoms with Gasteiger partial charge in [0.2, 0.25) is 0 Å². The number of aliphatic hydroxyl groups excluding tert-OH is 1. The van der Waals surface area contributed by atoms with Crippen molar-refractivity contribution in [3.05, 3.63) is 35.9 Å². The Hall–Kier alpha value is -1.64. The van der Waals surface area contributed by atoms with Crippen LogP contribution in [0.15, 0.2) is 30.3 Å². The number of aliphatic hydroxyl groups is 1. The minimum Gasteiger partial charge on any atom is -0.542 e. The Morgan fingerprint density at radius 2 is 1.83 bits per heavy atom. The third kappa shape index (κ3) is 7.96. The summed E-state index contributed by atoms with van der Waals surface area (Å²) in [4.78, 5) is 8.78. The van der Waals surface area contributed by atoms with Gasteiger partial charge in [0.1, 0.15) is 18.1 Å². The average molecular weight is 335 g/mol. The van der Waals surface area contributed by atoms with Gasteiger partial charge in [0.25, 0.3) is 0 Å². The van der Waals surface area contributed by atoms with Crippen LogP contribution < -0.4 is 10.4 Å². The normalized spacial score (nSPS) is 20.7. The molecule has 0 bridgehead atoms. The average Bonchev–Trinajstić information content (AvgIpc) is 2.96. The zero-order valence-electron chi connectivity index (χ0n) is 12.5. The van der Waals surface area contributed by atoms with Crippen LogP contribution in [0.2, 0.25) is 0 Å². The van der Waals surface area contributed by atoms with E-state index in [1.165, 1.54) is 5.56 Å². The number of benzene rings is 1. The van der Waals surface area contributed by atoms with Gasteiger partial charge < -0.3 is 25.1 Å². The van der Waals surface area contributed by atoms with E-state index in [9.17, 15) is 13.2 Å². The van der Waals surface area contributed by atoms with Crippen molar-refractivity contribution in [1.29, 1.82) is 0 Å². The molecule has 23 heavy (non-hydrogen) atoms. The number of hydrogen-bond acceptors (Lipinski definition) is 4. The van der Waals surface area contributed by atoms with Crippen LogP contribution in [-0.4, -0.2) is 42.5 Å². The van der Waals surface area contributed by atoms with Crippen LogP contribution in [0.4, 0.5) is 13.2 Å². The summed E-state index contributed by atoms with van der Waals surface area (Å²) in [5, 5.41) is 20.0. The first-order valence-corrected chi connectivity index (χ1v) is 7.18. The zero-order valence-corrected chi connectivity index (χ0v) is 12.5. The molecule has 0 saturated carbocycles. The number of aliphatic carboxylic acids is 1. The number of carbonyl (C=O) groups is 1. The number of rotatable bonds is 5. The summed E-state index contributed by atoms with van der Waals surface area (Å²) in [6, 6.07) is 11.2. The van der Waals surface area contributed by atoms with Crippen molar-refractivity contribution >= 4 is 5.97 Å². The second-order valence-corrected chi connectivity index (χ2v) is 5.26. The largest absolute Gasteiger partial charge is 0.542 e. The van der Waals surface area contributed by atoms with Crippen LogP contribution in [0.1, 0.15) is 18.4 Å². The number of ether oxygens (including phenoxy) is 1. The standard InChI is InChI=1S/C13H19NO2.C2HF3O2/c15-8-12-6-7-13(14-12)10-16-9-11-4-2-1-3-5-11;3-2(4,5)1(6)7/h1-5,12-15H,6-10H2;(H,6,7)/t12-,13-;/m0./s1. The summed E-state index contributed by atoms with van der Waals surface area (Å²) >= 11 is 0. The molecule has 0 amide bonds. The van der Waals surface area contributed by atoms with Crippen molar-refractivity contribution in [3.8, 4) is 0 Å². The van der Waals surface area contributed by atoms with E-state index in [4.69, 9.17) is 19.7 Å². The second kappa shape index (κ2) is 9.49. The second-order valence-electron chi connectivity index (χ2n) is 5.26. The van der Waals surface area contributed by atoms with Gasteiger partial charge in [-0.15, -0.1) is 0 Å². The fourth-order valence-electron chi connectivity index (χ4n) is 2.20. The Morgan fingerprint density at radius 3 is 2.30 bits per heavy atom. The lowest BCUT2D eigenvalue weighted by atomic mass is 10.2. The van der Waals surface area contributed by atoms with E-state index in [2.05, 4.69) is 17.4 Å². The number of alkyl halides is 3. The van der Waals surface area contributed by atoms with E-state index in [0.717, 1.165) is 19.4 Å². The maximum atomic E-state index is 10.5. The first-order chi connectivity index (χ1) is 10.8. The lowest BCUT2D eigenvalue weighted by Crippen LogP contribution is -2.93. The maximum absolute atomic E-state index is 10.5. The van der Waals surface area contributed by atoms with E-state index >= 15 is 0 Å². The third-order valence-electron chi connectivity index (χ3n) is 3.36. The Labute approximate surface area is 132 Å². The van der Waals surface area contributed by atoms with Gasteiger partial charge in [-0.2, -0.15) is 13.2 Å². The number of carboxylic acid groups (broad SMARTS) is 1. The molecule has 0 radical (unpaired) electrons. The number of hydrogen-bond donors (Lipinski definition) is 2. The van der Waals surface area contributed by atoms with Crippen LogP contribution in [0.3, 0.4) is 0 Å². The van der Waals surface area contributed by atoms with Crippen LogP contribution in [0.25, 0.3) is 0 Å². The molecule has 0 spiro atoms. The van der Waals surface area contributed by atoms with Gasteiger partial charge in [-0.05, 0) is 5.56 Å². The Balaban J connectivity index is 0.000000322. The van der Waals surface area contributed by atoms with E-state index in [1.54, 1.807) is 0 Å². The Bertz CT molecular complexity index is 468. The first kappa shape index (κ1) is 19.4. The molecule has 3 N–H and O–H groups in total. The predicted molar refractivity (Wildman–Crippen MR) is 73.0 cm³/mol. The smallest absolute Gasteiger partial charge is 0.430 e. The summed E-state index contributed by atoms with van der Waals surface area (Å²) in [6.07, 6.45) is -2.93. The minimum atomic E-state index is -5.19. The van der Waals surface area contributed by atoms with Gasteiger partial charge >= 0.3 is 6.18 Å². The molecule has 1 aliphatic rings. The lowest BCUT2D eigenvalue weighted by Gasteiger charge is -2.10. The Kier molecular flexibility index (Phi) is 8.01. The topological polar surface area (TPSA) is 86.2 Å². The highest BCUT2D eigenvalue weighted by Gasteiger charge is 2.29. The molecule has 130 valence electrons. The summed E-state index contributed by atoms with van der Waals surface area (Å²) in [5.41, 5.74) is 1.22. The van der Waals surface area contributed by atoms with Gasteiger partial charge in [-0.25, -0.2) is 0 Å². The quantitative estimate of drug-likeness (QED) is 0.766. The van der Waals surface area contributed by atoms with Gasteiger partial charge in [-0.1, -0.05) is 30.3 Å². The van der Waals surface area contributed by atoms with Gasteiger partial charge in [0.05, 0.1) is 19.8 Å². The molecule has 1 aromatic carbocycles. The molecule has 2 atom stereocenters. The van der Waals surface area contributed by atoms with Crippen LogP contribution in [-0.2, 0) is 16.1 Å². The molecule has 0 unspecified atom stereocenters. The fraction of sp³-hybridized carbons (Fsp3) is 0.533. The van der Waals surface area contributed by atoms with Crippen LogP contribution >= 0.6 is 0 Å². The number of halogens is 3. The maximum Gasteiger partial charge on any atom is 0.430 e. The van der Waals surface area contributed by atoms with Crippen molar-refractivity contribution in [2.45, 2.75) is 37.7 Å². The lowest BCUT2D eigenvalue weighted by molar-refractivity contribution is -0.704. The number of quaternary nitrogens is 1. The zero-order chi connectivity index (χ0) is 17.3. The molecule has 1 aromatic rings. The van der Waals surface area contributed by atoms with Gasteiger partial charge in [0.15, 0.2) is 0 Å². The molecule has 1 fully saturated rings. The van der Waals surface area contributed by atoms with Crippen molar-refractivity contribution in [3.63, 3.8) is 0 Å². The van der Waals surface area contributed by atoms with Crippen LogP contribution in [0, 0.1) is 0 Å². The summed E-state index contributed by atoms with van der Waals surface area (Å²) in [7, 11) is 0. The summed E-state index contributed by atoms with van der Waals surface area (Å²) in [6.45, 7) is 1.76. The summed E-state index contributed by atoms with van der Waals surface area (Å²) in [5.74, 6) is -3.01. The third-order valence-corrected chi connectivity index (χ3v) is 3.36. The highest BCUT2D eigenvalue weighted by atomic mass is 19.4. The van der Waals surface area contributed by atoms with Gasteiger partial charge in [0, 0.05) is 12.8 Å². The van der Waals surface area contributed by atoms with E-state index in [1.807, 2.05) is 18.2 Å². The van der Waals surface area contributed by atoms with Gasteiger partial charge in [-0.3, -0.25) is 0 Å². The van der Waals surface area contributed by atoms with Crippen molar-refractivity contribution in [2.24, 2.45) is 0 Å². The van der Waals surface area contributed by atoms with Crippen molar-refractivity contribution in [1.82, 2.24) is 0 Å². The monoisotopic (exact) mass is 335 g/mol. The molecular formula is C15H20F3NO4. The highest BCUT2D eigenvalue weighted by molar-refractivity contribution is 5.70. The fourth-order valence-corrected chi connectivity index (χ4v) is 2.20. The first-order valence-electron chi connectivity index (χ1n) is 7.18. The Morgan fingerprint density at radius 1 is 1.26 bits per heavy atom. The van der Waals surface area contributed by atoms with E-state index in [-0.39, 0.29) is 6.61 Å². The van der Waals surface area contributed by atoms with Crippen molar-refractivity contribution in [2.75, 3.05) is 13.2 Å². The molecule has 1 heterocycles. The number of carboxylic acids is 1. The number of nitrogens with two attached hydrogens (primary N) is 1. The molecule has 5 nitrogen and oxygen atoms in total.